The summed E-state index contributed by atoms with van der Waals surface area (Å²) in [5.41, 5.74) is 9.30. The number of rotatable bonds is 2. The molecule has 1 fully saturated rings. The fourth-order valence-corrected chi connectivity index (χ4v) is 3.47. The SMILES string of the molecule is Nc1cccc([C@H]2CN(C(=O)c3n[nH]c4c3CCCC4)CCO2)n1. The highest BCUT2D eigenvalue weighted by Gasteiger charge is 2.30. The molecule has 1 atom stereocenters. The van der Waals surface area contributed by atoms with Crippen molar-refractivity contribution < 1.29 is 9.53 Å². The highest BCUT2D eigenvalue weighted by molar-refractivity contribution is 5.94. The largest absolute Gasteiger partial charge is 0.384 e. The number of morpholine rings is 1. The summed E-state index contributed by atoms with van der Waals surface area (Å²) in [4.78, 5) is 19.0. The third kappa shape index (κ3) is 2.75. The lowest BCUT2D eigenvalue weighted by Gasteiger charge is -2.32. The van der Waals surface area contributed by atoms with Crippen LogP contribution in [0.5, 0.6) is 0 Å². The second-order valence-corrected chi connectivity index (χ2v) is 6.33. The standard InChI is InChI=1S/C17H21N5O2/c18-15-7-3-6-13(19-15)14-10-22(8-9-24-14)17(23)16-11-4-1-2-5-12(11)20-21-16/h3,6-7,14H,1-2,4-5,8-10H2,(H2,18,19)(H,20,21)/t14-/m1/s1. The van der Waals surface area contributed by atoms with E-state index in [1.807, 2.05) is 17.0 Å². The number of nitrogens with two attached hydrogens (primary N) is 1. The van der Waals surface area contributed by atoms with E-state index in [1.165, 1.54) is 0 Å². The Kier molecular flexibility index (Phi) is 3.93. The number of aromatic amines is 1. The minimum Gasteiger partial charge on any atom is -0.384 e. The Morgan fingerprint density at radius 2 is 2.21 bits per heavy atom. The Labute approximate surface area is 140 Å². The number of aromatic nitrogens is 3. The average molecular weight is 327 g/mol. The van der Waals surface area contributed by atoms with Crippen LogP contribution in [0.2, 0.25) is 0 Å². The monoisotopic (exact) mass is 327 g/mol. The third-order valence-corrected chi connectivity index (χ3v) is 4.73. The van der Waals surface area contributed by atoms with Crippen LogP contribution in [0.25, 0.3) is 0 Å². The first-order valence-electron chi connectivity index (χ1n) is 8.42. The van der Waals surface area contributed by atoms with Gasteiger partial charge in [0.15, 0.2) is 5.69 Å². The summed E-state index contributed by atoms with van der Waals surface area (Å²) < 4.78 is 5.79. The van der Waals surface area contributed by atoms with E-state index in [-0.39, 0.29) is 12.0 Å². The molecule has 1 aliphatic carbocycles. The van der Waals surface area contributed by atoms with Crippen LogP contribution in [0.4, 0.5) is 5.82 Å². The quantitative estimate of drug-likeness (QED) is 0.871. The van der Waals surface area contributed by atoms with Gasteiger partial charge in [-0.15, -0.1) is 0 Å². The Hall–Kier alpha value is -2.41. The Balaban J connectivity index is 1.54. The Bertz CT molecular complexity index is 757. The molecule has 24 heavy (non-hydrogen) atoms. The smallest absolute Gasteiger partial charge is 0.274 e. The molecule has 2 aromatic heterocycles. The van der Waals surface area contributed by atoms with Crippen LogP contribution in [-0.2, 0) is 17.6 Å². The molecule has 3 heterocycles. The van der Waals surface area contributed by atoms with Gasteiger partial charge in [0.25, 0.3) is 5.91 Å². The van der Waals surface area contributed by atoms with Gasteiger partial charge in [0.1, 0.15) is 11.9 Å². The number of H-pyrrole nitrogens is 1. The summed E-state index contributed by atoms with van der Waals surface area (Å²) >= 11 is 0. The molecule has 1 saturated heterocycles. The summed E-state index contributed by atoms with van der Waals surface area (Å²) in [6.45, 7) is 1.52. The number of hydrogen-bond acceptors (Lipinski definition) is 5. The summed E-state index contributed by atoms with van der Waals surface area (Å²) in [6, 6.07) is 5.47. The van der Waals surface area contributed by atoms with Crippen molar-refractivity contribution in [3.05, 3.63) is 40.8 Å². The summed E-state index contributed by atoms with van der Waals surface area (Å²) in [7, 11) is 0. The maximum absolute atomic E-state index is 12.9. The van der Waals surface area contributed by atoms with Crippen LogP contribution in [0.1, 0.15) is 46.4 Å². The number of pyridine rings is 1. The van der Waals surface area contributed by atoms with Crippen LogP contribution in [0.15, 0.2) is 18.2 Å². The number of nitrogens with zero attached hydrogens (tertiary/aromatic N) is 3. The van der Waals surface area contributed by atoms with E-state index in [2.05, 4.69) is 15.2 Å². The second-order valence-electron chi connectivity index (χ2n) is 6.33. The number of fused-ring (bicyclic) bond motifs is 1. The molecule has 7 nitrogen and oxygen atoms in total. The van der Waals surface area contributed by atoms with Crippen molar-refractivity contribution in [2.45, 2.75) is 31.8 Å². The first-order chi connectivity index (χ1) is 11.7. The van der Waals surface area contributed by atoms with E-state index in [1.54, 1.807) is 6.07 Å². The molecular formula is C17H21N5O2. The van der Waals surface area contributed by atoms with Crippen molar-refractivity contribution >= 4 is 11.7 Å². The number of hydrogen-bond donors (Lipinski definition) is 2. The zero-order valence-corrected chi connectivity index (χ0v) is 13.5. The number of nitrogen functional groups attached to an aromatic ring is 1. The van der Waals surface area contributed by atoms with Gasteiger partial charge in [-0.2, -0.15) is 5.10 Å². The van der Waals surface area contributed by atoms with E-state index in [0.29, 0.717) is 31.2 Å². The Morgan fingerprint density at radius 1 is 1.33 bits per heavy atom. The number of carbonyl (C=O) groups excluding carboxylic acids is 1. The van der Waals surface area contributed by atoms with Crippen molar-refractivity contribution in [3.8, 4) is 0 Å². The molecule has 1 amide bonds. The normalized spacial score (nSPS) is 20.7. The molecular weight excluding hydrogens is 306 g/mol. The number of carbonyl (C=O) groups is 1. The van der Waals surface area contributed by atoms with Gasteiger partial charge in [-0.25, -0.2) is 4.98 Å². The molecule has 0 unspecified atom stereocenters. The molecule has 0 saturated carbocycles. The van der Waals surface area contributed by atoms with Gasteiger partial charge in [-0.05, 0) is 37.8 Å². The van der Waals surface area contributed by atoms with Gasteiger partial charge < -0.3 is 15.4 Å². The summed E-state index contributed by atoms with van der Waals surface area (Å²) in [5, 5.41) is 7.33. The highest BCUT2D eigenvalue weighted by atomic mass is 16.5. The van der Waals surface area contributed by atoms with Crippen molar-refractivity contribution in [3.63, 3.8) is 0 Å². The molecule has 0 radical (unpaired) electrons. The van der Waals surface area contributed by atoms with E-state index < -0.39 is 0 Å². The minimum absolute atomic E-state index is 0.0217. The van der Waals surface area contributed by atoms with Crippen LogP contribution in [0.3, 0.4) is 0 Å². The van der Waals surface area contributed by atoms with E-state index in [4.69, 9.17) is 10.5 Å². The molecule has 0 bridgehead atoms. The molecule has 126 valence electrons. The van der Waals surface area contributed by atoms with Crippen LogP contribution >= 0.6 is 0 Å². The molecule has 3 N–H and O–H groups in total. The number of aryl methyl sites for hydroxylation is 1. The van der Waals surface area contributed by atoms with Crippen molar-refractivity contribution in [1.29, 1.82) is 0 Å². The number of anilines is 1. The van der Waals surface area contributed by atoms with E-state index in [0.717, 1.165) is 42.6 Å². The summed E-state index contributed by atoms with van der Waals surface area (Å²) in [6.07, 6.45) is 3.93. The van der Waals surface area contributed by atoms with Crippen molar-refractivity contribution in [2.24, 2.45) is 0 Å². The van der Waals surface area contributed by atoms with Crippen LogP contribution in [0, 0.1) is 0 Å². The fraction of sp³-hybridized carbons (Fsp3) is 0.471. The van der Waals surface area contributed by atoms with Gasteiger partial charge in [-0.1, -0.05) is 6.07 Å². The topological polar surface area (TPSA) is 97.1 Å². The van der Waals surface area contributed by atoms with Gasteiger partial charge in [0, 0.05) is 17.8 Å². The van der Waals surface area contributed by atoms with Gasteiger partial charge >= 0.3 is 0 Å². The first kappa shape index (κ1) is 15.1. The van der Waals surface area contributed by atoms with E-state index >= 15 is 0 Å². The molecule has 7 heteroatoms. The number of amides is 1. The van der Waals surface area contributed by atoms with Crippen LogP contribution in [-0.4, -0.2) is 45.7 Å². The molecule has 2 aliphatic rings. The molecule has 4 rings (SSSR count). The van der Waals surface area contributed by atoms with Gasteiger partial charge in [0.05, 0.1) is 18.8 Å². The number of ether oxygens (including phenoxy) is 1. The lowest BCUT2D eigenvalue weighted by molar-refractivity contribution is -0.0248. The Morgan fingerprint density at radius 3 is 3.08 bits per heavy atom. The fourth-order valence-electron chi connectivity index (χ4n) is 3.47. The number of nitrogens with one attached hydrogen (secondary N) is 1. The molecule has 2 aromatic rings. The highest BCUT2D eigenvalue weighted by Crippen LogP contribution is 2.26. The molecule has 0 aromatic carbocycles. The maximum Gasteiger partial charge on any atom is 0.274 e. The zero-order chi connectivity index (χ0) is 16.5. The summed E-state index contributed by atoms with van der Waals surface area (Å²) in [5.74, 6) is 0.438. The molecule has 0 spiro atoms. The van der Waals surface area contributed by atoms with Crippen LogP contribution < -0.4 is 5.73 Å². The van der Waals surface area contributed by atoms with Gasteiger partial charge in [-0.3, -0.25) is 9.89 Å². The maximum atomic E-state index is 12.9. The second kappa shape index (κ2) is 6.24. The zero-order valence-electron chi connectivity index (χ0n) is 13.5. The van der Waals surface area contributed by atoms with Gasteiger partial charge in [0.2, 0.25) is 0 Å². The lowest BCUT2D eigenvalue weighted by atomic mass is 9.95. The van der Waals surface area contributed by atoms with Crippen molar-refractivity contribution in [1.82, 2.24) is 20.1 Å². The first-order valence-corrected chi connectivity index (χ1v) is 8.42. The predicted molar refractivity (Wildman–Crippen MR) is 88.5 cm³/mol. The minimum atomic E-state index is -0.249. The molecule has 1 aliphatic heterocycles. The lowest BCUT2D eigenvalue weighted by Crippen LogP contribution is -2.43. The average Bonchev–Trinajstić information content (AvgIpc) is 3.05. The van der Waals surface area contributed by atoms with Crippen molar-refractivity contribution in [2.75, 3.05) is 25.4 Å². The third-order valence-electron chi connectivity index (χ3n) is 4.73. The predicted octanol–water partition coefficient (Wildman–Crippen LogP) is 1.48. The van der Waals surface area contributed by atoms with E-state index in [9.17, 15) is 4.79 Å².